The molecule has 0 atom stereocenters. The predicted molar refractivity (Wildman–Crippen MR) is 76.4 cm³/mol. The molecule has 1 fully saturated rings. The Morgan fingerprint density at radius 3 is 2.65 bits per heavy atom. The summed E-state index contributed by atoms with van der Waals surface area (Å²) in [6, 6.07) is 7.45. The maximum atomic E-state index is 11.7. The minimum absolute atomic E-state index is 0.0468. The normalized spacial score (nSPS) is 15.8. The molecular formula is C15H22N2O3. The van der Waals surface area contributed by atoms with Crippen molar-refractivity contribution in [2.75, 3.05) is 26.4 Å². The zero-order chi connectivity index (χ0) is 14.2. The molecule has 5 heteroatoms. The number of carbonyl (C=O) groups excluding carboxylic acids is 1. The molecule has 0 bridgehead atoms. The third kappa shape index (κ3) is 4.83. The van der Waals surface area contributed by atoms with E-state index in [0.717, 1.165) is 31.6 Å². The van der Waals surface area contributed by atoms with Crippen LogP contribution in [0.15, 0.2) is 24.3 Å². The molecule has 0 unspecified atom stereocenters. The lowest BCUT2D eigenvalue weighted by atomic mass is 10.0. The Bertz CT molecular complexity index is 414. The van der Waals surface area contributed by atoms with Gasteiger partial charge in [0.15, 0.2) is 6.61 Å². The van der Waals surface area contributed by atoms with E-state index in [4.69, 9.17) is 15.2 Å². The van der Waals surface area contributed by atoms with Crippen LogP contribution in [0.25, 0.3) is 0 Å². The number of ether oxygens (including phenoxy) is 2. The van der Waals surface area contributed by atoms with E-state index in [1.807, 2.05) is 24.3 Å². The van der Waals surface area contributed by atoms with E-state index in [2.05, 4.69) is 5.32 Å². The van der Waals surface area contributed by atoms with Crippen LogP contribution in [0, 0.1) is 5.92 Å². The Labute approximate surface area is 119 Å². The highest BCUT2D eigenvalue weighted by atomic mass is 16.5. The molecule has 1 amide bonds. The maximum absolute atomic E-state index is 11.7. The van der Waals surface area contributed by atoms with Gasteiger partial charge in [-0.1, -0.05) is 12.1 Å². The fourth-order valence-electron chi connectivity index (χ4n) is 2.13. The van der Waals surface area contributed by atoms with E-state index < -0.39 is 0 Å². The van der Waals surface area contributed by atoms with Crippen LogP contribution in [0.4, 0.5) is 0 Å². The number of rotatable bonds is 6. The summed E-state index contributed by atoms with van der Waals surface area (Å²) in [5.74, 6) is 1.12. The van der Waals surface area contributed by atoms with Crippen molar-refractivity contribution in [3.8, 4) is 5.75 Å². The lowest BCUT2D eigenvalue weighted by Gasteiger charge is -2.22. The lowest BCUT2D eigenvalue weighted by molar-refractivity contribution is -0.123. The second kappa shape index (κ2) is 7.87. The van der Waals surface area contributed by atoms with E-state index in [1.54, 1.807) is 0 Å². The molecule has 110 valence electrons. The van der Waals surface area contributed by atoms with Gasteiger partial charge in [0.05, 0.1) is 0 Å². The third-order valence-corrected chi connectivity index (χ3v) is 3.46. The molecule has 0 saturated carbocycles. The first kappa shape index (κ1) is 14.8. The monoisotopic (exact) mass is 278 g/mol. The molecule has 1 aromatic rings. The van der Waals surface area contributed by atoms with Gasteiger partial charge in [-0.3, -0.25) is 4.79 Å². The summed E-state index contributed by atoms with van der Waals surface area (Å²) in [5, 5.41) is 2.91. The summed E-state index contributed by atoms with van der Waals surface area (Å²) in [6.45, 7) is 2.85. The second-order valence-electron chi connectivity index (χ2n) is 5.00. The molecule has 20 heavy (non-hydrogen) atoms. The molecular weight excluding hydrogens is 256 g/mol. The van der Waals surface area contributed by atoms with Crippen LogP contribution in [0.5, 0.6) is 5.75 Å². The summed E-state index contributed by atoms with van der Waals surface area (Å²) >= 11 is 0. The van der Waals surface area contributed by atoms with E-state index in [9.17, 15) is 4.79 Å². The average Bonchev–Trinajstić information content (AvgIpc) is 2.52. The van der Waals surface area contributed by atoms with Gasteiger partial charge in [0.25, 0.3) is 5.91 Å². The zero-order valence-corrected chi connectivity index (χ0v) is 11.6. The van der Waals surface area contributed by atoms with Crippen LogP contribution in [0.1, 0.15) is 18.4 Å². The summed E-state index contributed by atoms with van der Waals surface area (Å²) in [6.07, 6.45) is 2.03. The number of amides is 1. The van der Waals surface area contributed by atoms with E-state index in [-0.39, 0.29) is 12.5 Å². The first-order chi connectivity index (χ1) is 9.78. The molecule has 1 aromatic carbocycles. The average molecular weight is 278 g/mol. The first-order valence-electron chi connectivity index (χ1n) is 7.04. The molecule has 0 aromatic heterocycles. The smallest absolute Gasteiger partial charge is 0.257 e. The van der Waals surface area contributed by atoms with E-state index in [0.29, 0.717) is 24.8 Å². The lowest BCUT2D eigenvalue weighted by Crippen LogP contribution is -2.35. The molecule has 1 saturated heterocycles. The minimum Gasteiger partial charge on any atom is -0.484 e. The van der Waals surface area contributed by atoms with Crippen molar-refractivity contribution in [2.45, 2.75) is 19.4 Å². The standard InChI is InChI=1S/C15H22N2O3/c16-9-12-1-3-14(4-2-12)20-11-15(18)17-10-13-5-7-19-8-6-13/h1-4,13H,5-11,16H2,(H,17,18). The molecule has 0 radical (unpaired) electrons. The summed E-state index contributed by atoms with van der Waals surface area (Å²) in [7, 11) is 0. The van der Waals surface area contributed by atoms with Crippen LogP contribution < -0.4 is 15.8 Å². The highest BCUT2D eigenvalue weighted by Gasteiger charge is 2.14. The Balaban J connectivity index is 1.66. The number of nitrogens with two attached hydrogens (primary N) is 1. The van der Waals surface area contributed by atoms with Crippen molar-refractivity contribution in [3.05, 3.63) is 29.8 Å². The van der Waals surface area contributed by atoms with E-state index in [1.165, 1.54) is 0 Å². The highest BCUT2D eigenvalue weighted by Crippen LogP contribution is 2.13. The van der Waals surface area contributed by atoms with Crippen LogP contribution in [-0.2, 0) is 16.1 Å². The van der Waals surface area contributed by atoms with Gasteiger partial charge in [0.1, 0.15) is 5.75 Å². The second-order valence-corrected chi connectivity index (χ2v) is 5.00. The first-order valence-corrected chi connectivity index (χ1v) is 7.04. The molecule has 2 rings (SSSR count). The topological polar surface area (TPSA) is 73.6 Å². The van der Waals surface area contributed by atoms with Crippen LogP contribution in [-0.4, -0.2) is 32.3 Å². The number of hydrogen-bond acceptors (Lipinski definition) is 4. The van der Waals surface area contributed by atoms with Gasteiger partial charge in [-0.15, -0.1) is 0 Å². The van der Waals surface area contributed by atoms with Crippen LogP contribution >= 0.6 is 0 Å². The molecule has 1 aliphatic heterocycles. The fourth-order valence-corrected chi connectivity index (χ4v) is 2.13. The SMILES string of the molecule is NCc1ccc(OCC(=O)NCC2CCOCC2)cc1. The molecule has 5 nitrogen and oxygen atoms in total. The Hall–Kier alpha value is -1.59. The van der Waals surface area contributed by atoms with Gasteiger partial charge in [-0.2, -0.15) is 0 Å². The van der Waals surface area contributed by atoms with Gasteiger partial charge in [0, 0.05) is 26.3 Å². The van der Waals surface area contributed by atoms with Crippen molar-refractivity contribution in [1.82, 2.24) is 5.32 Å². The van der Waals surface area contributed by atoms with Gasteiger partial charge in [0.2, 0.25) is 0 Å². The molecule has 1 heterocycles. The Kier molecular flexibility index (Phi) is 5.83. The van der Waals surface area contributed by atoms with Gasteiger partial charge >= 0.3 is 0 Å². The van der Waals surface area contributed by atoms with Crippen molar-refractivity contribution in [3.63, 3.8) is 0 Å². The Morgan fingerprint density at radius 1 is 1.30 bits per heavy atom. The number of carbonyl (C=O) groups is 1. The van der Waals surface area contributed by atoms with Gasteiger partial charge < -0.3 is 20.5 Å². The van der Waals surface area contributed by atoms with Gasteiger partial charge in [-0.05, 0) is 36.5 Å². The van der Waals surface area contributed by atoms with Crippen molar-refractivity contribution >= 4 is 5.91 Å². The summed E-state index contributed by atoms with van der Waals surface area (Å²) < 4.78 is 10.7. The summed E-state index contributed by atoms with van der Waals surface area (Å²) in [4.78, 5) is 11.7. The van der Waals surface area contributed by atoms with Crippen LogP contribution in [0.2, 0.25) is 0 Å². The zero-order valence-electron chi connectivity index (χ0n) is 11.6. The van der Waals surface area contributed by atoms with Crippen molar-refractivity contribution < 1.29 is 14.3 Å². The minimum atomic E-state index is -0.0839. The highest BCUT2D eigenvalue weighted by molar-refractivity contribution is 5.77. The largest absolute Gasteiger partial charge is 0.484 e. The molecule has 0 aliphatic carbocycles. The predicted octanol–water partition coefficient (Wildman–Crippen LogP) is 1.07. The Morgan fingerprint density at radius 2 is 2.00 bits per heavy atom. The number of hydrogen-bond donors (Lipinski definition) is 2. The fraction of sp³-hybridized carbons (Fsp3) is 0.533. The van der Waals surface area contributed by atoms with E-state index >= 15 is 0 Å². The maximum Gasteiger partial charge on any atom is 0.257 e. The summed E-state index contributed by atoms with van der Waals surface area (Å²) in [5.41, 5.74) is 6.56. The van der Waals surface area contributed by atoms with Crippen molar-refractivity contribution in [2.24, 2.45) is 11.7 Å². The van der Waals surface area contributed by atoms with Crippen LogP contribution in [0.3, 0.4) is 0 Å². The van der Waals surface area contributed by atoms with Gasteiger partial charge in [-0.25, -0.2) is 0 Å². The molecule has 0 spiro atoms. The van der Waals surface area contributed by atoms with Crippen molar-refractivity contribution in [1.29, 1.82) is 0 Å². The molecule has 1 aliphatic rings. The number of nitrogens with one attached hydrogen (secondary N) is 1. The molecule has 3 N–H and O–H groups in total. The quantitative estimate of drug-likeness (QED) is 0.816. The number of benzene rings is 1. The third-order valence-electron chi connectivity index (χ3n) is 3.46.